The molecule has 0 saturated carbocycles. The molecule has 4 nitrogen and oxygen atoms in total. The van der Waals surface area contributed by atoms with Gasteiger partial charge < -0.3 is 0 Å². The highest BCUT2D eigenvalue weighted by molar-refractivity contribution is 7.98. The maximum atomic E-state index is 11.1. The highest BCUT2D eigenvalue weighted by Crippen LogP contribution is 2.06. The average molecular weight is 224 g/mol. The molecular weight excluding hydrogens is 212 g/mol. The number of rotatable bonds is 5. The molecule has 0 rings (SSSR count). The summed E-state index contributed by atoms with van der Waals surface area (Å²) in [5.41, 5.74) is 0. The van der Waals surface area contributed by atoms with Gasteiger partial charge in [-0.15, -0.1) is 0 Å². The lowest BCUT2D eigenvalue weighted by Gasteiger charge is -2.07. The van der Waals surface area contributed by atoms with E-state index in [1.54, 1.807) is 0 Å². The van der Waals surface area contributed by atoms with E-state index >= 15 is 0 Å². The molecule has 0 heterocycles. The molecule has 0 aromatic rings. The van der Waals surface area contributed by atoms with Crippen molar-refractivity contribution in [2.75, 3.05) is 5.75 Å². The molecular formula is C7H12O4S2. The average Bonchev–Trinajstić information content (AvgIpc) is 2.04. The van der Waals surface area contributed by atoms with Crippen molar-refractivity contribution in [2.45, 2.75) is 12.2 Å². The first kappa shape index (κ1) is 12.4. The largest absolute Gasteiger partial charge is 0.224 e. The molecule has 0 N–H and O–H groups in total. The van der Waals surface area contributed by atoms with Crippen LogP contribution >= 0.6 is 0 Å². The molecule has 0 spiro atoms. The molecule has 0 aromatic heterocycles. The van der Waals surface area contributed by atoms with Crippen LogP contribution in [0, 0.1) is 0 Å². The van der Waals surface area contributed by atoms with Crippen molar-refractivity contribution in [2.24, 2.45) is 0 Å². The molecule has 0 amide bonds. The SMILES string of the molecule is C=CS(=O)(=O)CC(C)S(=O)(=O)C=C. The maximum absolute atomic E-state index is 11.1. The fraction of sp³-hybridized carbons (Fsp3) is 0.429. The first-order chi connectivity index (χ1) is 5.75. The van der Waals surface area contributed by atoms with Crippen molar-refractivity contribution >= 4 is 19.7 Å². The Balaban J connectivity index is 4.79. The predicted octanol–water partition coefficient (Wildman–Crippen LogP) is 0.492. The van der Waals surface area contributed by atoms with Gasteiger partial charge in [0.15, 0.2) is 19.7 Å². The molecule has 0 bridgehead atoms. The predicted molar refractivity (Wildman–Crippen MR) is 52.6 cm³/mol. The highest BCUT2D eigenvalue weighted by Gasteiger charge is 2.22. The van der Waals surface area contributed by atoms with Gasteiger partial charge in [-0.05, 0) is 6.92 Å². The van der Waals surface area contributed by atoms with Gasteiger partial charge in [-0.1, -0.05) is 13.2 Å². The van der Waals surface area contributed by atoms with E-state index in [1.807, 2.05) is 0 Å². The summed E-state index contributed by atoms with van der Waals surface area (Å²) < 4.78 is 44.1. The molecule has 0 saturated heterocycles. The standard InChI is InChI=1S/C7H12O4S2/c1-4-12(8,9)6-7(3)13(10,11)5-2/h4-5,7H,1-2,6H2,3H3. The van der Waals surface area contributed by atoms with Crippen LogP contribution in [0.3, 0.4) is 0 Å². The van der Waals surface area contributed by atoms with Gasteiger partial charge in [0.25, 0.3) is 0 Å². The fourth-order valence-corrected chi connectivity index (χ4v) is 3.10. The minimum atomic E-state index is -3.50. The van der Waals surface area contributed by atoms with E-state index in [0.717, 1.165) is 10.8 Å². The zero-order valence-electron chi connectivity index (χ0n) is 7.30. The first-order valence-electron chi connectivity index (χ1n) is 3.46. The number of hydrogen-bond donors (Lipinski definition) is 0. The minimum Gasteiger partial charge on any atom is -0.224 e. The Kier molecular flexibility index (Phi) is 3.87. The Morgan fingerprint density at radius 3 is 1.92 bits per heavy atom. The molecule has 0 radical (unpaired) electrons. The topological polar surface area (TPSA) is 68.3 Å². The zero-order valence-corrected chi connectivity index (χ0v) is 8.94. The van der Waals surface area contributed by atoms with E-state index in [2.05, 4.69) is 13.2 Å². The van der Waals surface area contributed by atoms with Crippen LogP contribution in [0.4, 0.5) is 0 Å². The van der Waals surface area contributed by atoms with E-state index in [-0.39, 0.29) is 0 Å². The Bertz CT molecular complexity index is 388. The highest BCUT2D eigenvalue weighted by atomic mass is 32.2. The first-order valence-corrected chi connectivity index (χ1v) is 6.79. The van der Waals surface area contributed by atoms with Gasteiger partial charge in [-0.2, -0.15) is 0 Å². The molecule has 1 unspecified atom stereocenters. The lowest BCUT2D eigenvalue weighted by Crippen LogP contribution is -2.24. The lowest BCUT2D eigenvalue weighted by molar-refractivity contribution is 0.587. The normalized spacial score (nSPS) is 14.8. The van der Waals surface area contributed by atoms with Crippen LogP contribution in [0.25, 0.3) is 0 Å². The van der Waals surface area contributed by atoms with Crippen LogP contribution in [0.2, 0.25) is 0 Å². The third kappa shape index (κ3) is 3.73. The van der Waals surface area contributed by atoms with Crippen LogP contribution in [0.15, 0.2) is 24.0 Å². The van der Waals surface area contributed by atoms with E-state index in [1.165, 1.54) is 6.92 Å². The molecule has 1 atom stereocenters. The van der Waals surface area contributed by atoms with Gasteiger partial charge in [-0.3, -0.25) is 0 Å². The summed E-state index contributed by atoms with van der Waals surface area (Å²) in [5.74, 6) is -0.454. The lowest BCUT2D eigenvalue weighted by atomic mass is 10.6. The Labute approximate surface area is 78.8 Å². The monoisotopic (exact) mass is 224 g/mol. The molecule has 0 fully saturated rings. The number of sulfone groups is 2. The van der Waals surface area contributed by atoms with Crippen molar-refractivity contribution in [3.05, 3.63) is 24.0 Å². The molecule has 76 valence electrons. The quantitative estimate of drug-likeness (QED) is 0.681. The summed E-state index contributed by atoms with van der Waals surface area (Å²) in [6.45, 7) is 7.50. The smallest absolute Gasteiger partial charge is 0.174 e. The second-order valence-corrected chi connectivity index (χ2v) is 6.87. The van der Waals surface area contributed by atoms with Gasteiger partial charge in [0.05, 0.1) is 11.0 Å². The summed E-state index contributed by atoms with van der Waals surface area (Å²) in [5, 5.41) is 0.534. The van der Waals surface area contributed by atoms with Gasteiger partial charge in [0.2, 0.25) is 0 Å². The maximum Gasteiger partial charge on any atom is 0.174 e. The molecule has 6 heteroatoms. The van der Waals surface area contributed by atoms with Crippen molar-refractivity contribution in [3.63, 3.8) is 0 Å². The van der Waals surface area contributed by atoms with Gasteiger partial charge in [0.1, 0.15) is 0 Å². The van der Waals surface area contributed by atoms with Crippen LogP contribution in [0.1, 0.15) is 6.92 Å². The molecule has 0 aliphatic carbocycles. The summed E-state index contributed by atoms with van der Waals surface area (Å²) in [6.07, 6.45) is 0. The second-order valence-electron chi connectivity index (χ2n) is 2.56. The second kappa shape index (κ2) is 4.06. The van der Waals surface area contributed by atoms with Crippen LogP contribution in [-0.2, 0) is 19.7 Å². The Hall–Kier alpha value is -0.620. The summed E-state index contributed by atoms with van der Waals surface area (Å²) in [4.78, 5) is 0. The summed E-state index contributed by atoms with van der Waals surface area (Å²) >= 11 is 0. The van der Waals surface area contributed by atoms with E-state index in [9.17, 15) is 16.8 Å². The van der Waals surface area contributed by atoms with Gasteiger partial charge in [-0.25, -0.2) is 16.8 Å². The van der Waals surface area contributed by atoms with Crippen molar-refractivity contribution in [3.8, 4) is 0 Å². The minimum absolute atomic E-state index is 0.454. The fourth-order valence-electron chi connectivity index (χ4n) is 0.654. The zero-order chi connectivity index (χ0) is 10.7. The summed E-state index contributed by atoms with van der Waals surface area (Å²) in [6, 6.07) is 0. The Morgan fingerprint density at radius 2 is 1.62 bits per heavy atom. The van der Waals surface area contributed by atoms with Crippen LogP contribution in [0.5, 0.6) is 0 Å². The number of hydrogen-bond acceptors (Lipinski definition) is 4. The third-order valence-corrected chi connectivity index (χ3v) is 4.95. The molecule has 0 aliphatic rings. The van der Waals surface area contributed by atoms with E-state index in [0.29, 0.717) is 0 Å². The van der Waals surface area contributed by atoms with Crippen molar-refractivity contribution in [1.29, 1.82) is 0 Å². The molecule has 0 aliphatic heterocycles. The summed E-state index contributed by atoms with van der Waals surface area (Å²) in [7, 11) is -6.98. The van der Waals surface area contributed by atoms with Crippen molar-refractivity contribution in [1.82, 2.24) is 0 Å². The van der Waals surface area contributed by atoms with E-state index in [4.69, 9.17) is 0 Å². The van der Waals surface area contributed by atoms with Crippen molar-refractivity contribution < 1.29 is 16.8 Å². The van der Waals surface area contributed by atoms with E-state index < -0.39 is 30.7 Å². The van der Waals surface area contributed by atoms with Gasteiger partial charge in [0, 0.05) is 10.8 Å². The third-order valence-electron chi connectivity index (χ3n) is 1.51. The van der Waals surface area contributed by atoms with Gasteiger partial charge >= 0.3 is 0 Å². The molecule has 0 aromatic carbocycles. The van der Waals surface area contributed by atoms with Crippen LogP contribution < -0.4 is 0 Å². The molecule has 13 heavy (non-hydrogen) atoms. The van der Waals surface area contributed by atoms with Crippen LogP contribution in [-0.4, -0.2) is 27.8 Å². The Morgan fingerprint density at radius 1 is 1.15 bits per heavy atom.